The van der Waals surface area contributed by atoms with Crippen LogP contribution in [0.25, 0.3) is 10.9 Å². The number of carboxylic acids is 2. The number of alkyl halides is 1. The highest BCUT2D eigenvalue weighted by Crippen LogP contribution is 2.40. The molecule has 2 heterocycles. The molecule has 2 N–H and O–H groups in total. The van der Waals surface area contributed by atoms with Gasteiger partial charge in [0.1, 0.15) is 5.88 Å². The number of anilines is 1. The fourth-order valence-electron chi connectivity index (χ4n) is 3.88. The molecular formula is C20H15ClN2O5. The van der Waals surface area contributed by atoms with Gasteiger partial charge >= 0.3 is 11.9 Å². The number of benzene rings is 2. The minimum absolute atomic E-state index is 0.0517. The summed E-state index contributed by atoms with van der Waals surface area (Å²) >= 11 is 5.78. The number of aromatic nitrogens is 1. The molecule has 0 spiro atoms. The Morgan fingerprint density at radius 2 is 1.71 bits per heavy atom. The second kappa shape index (κ2) is 6.69. The van der Waals surface area contributed by atoms with Gasteiger partial charge in [-0.05, 0) is 17.7 Å². The largest absolute Gasteiger partial charge is 0.479 e. The predicted octanol–water partition coefficient (Wildman–Crippen LogP) is 3.10. The topological polar surface area (TPSA) is 99.8 Å². The molecule has 142 valence electrons. The van der Waals surface area contributed by atoms with Gasteiger partial charge in [0, 0.05) is 10.9 Å². The van der Waals surface area contributed by atoms with E-state index in [1.165, 1.54) is 0 Å². The second-order valence-electron chi connectivity index (χ2n) is 6.44. The van der Waals surface area contributed by atoms with Gasteiger partial charge in [0.25, 0.3) is 0 Å². The first-order valence-electron chi connectivity index (χ1n) is 8.48. The van der Waals surface area contributed by atoms with Crippen LogP contribution in [0.2, 0.25) is 0 Å². The lowest BCUT2D eigenvalue weighted by atomic mass is 10.0. The molecule has 1 aromatic heterocycles. The monoisotopic (exact) mass is 398 g/mol. The van der Waals surface area contributed by atoms with E-state index < -0.39 is 29.8 Å². The van der Waals surface area contributed by atoms with Gasteiger partial charge in [-0.2, -0.15) is 0 Å². The summed E-state index contributed by atoms with van der Waals surface area (Å²) in [6, 6.07) is 12.2. The maximum absolute atomic E-state index is 12.7. The SMILES string of the molecule is O=C(O)c1c2n(c3ccccc13)Cc1ccccc1N(C(=O)CCl)C2C(=O)O. The van der Waals surface area contributed by atoms with Crippen molar-refractivity contribution >= 4 is 46.0 Å². The standard InChI is InChI=1S/C20H15ClN2O5/c21-9-15(24)23-13-7-3-1-5-11(13)10-22-14-8-4-2-6-12(14)16(19(25)26)17(22)18(23)20(27)28/h1-8,18H,9-10H2,(H,25,26)(H,27,28). The molecule has 0 bridgehead atoms. The van der Waals surface area contributed by atoms with Gasteiger partial charge in [-0.25, -0.2) is 9.59 Å². The Bertz CT molecular complexity index is 1140. The van der Waals surface area contributed by atoms with Crippen molar-refractivity contribution in [3.05, 3.63) is 65.4 Å². The quantitative estimate of drug-likeness (QED) is 0.660. The fourth-order valence-corrected chi connectivity index (χ4v) is 4.01. The number of fused-ring (bicyclic) bond motifs is 4. The van der Waals surface area contributed by atoms with Gasteiger partial charge in [0.05, 0.1) is 23.5 Å². The van der Waals surface area contributed by atoms with E-state index >= 15 is 0 Å². The average Bonchev–Trinajstić information content (AvgIpc) is 2.91. The van der Waals surface area contributed by atoms with Crippen LogP contribution in [0.4, 0.5) is 5.69 Å². The zero-order chi connectivity index (χ0) is 20.0. The highest BCUT2D eigenvalue weighted by molar-refractivity contribution is 6.30. The molecule has 2 aromatic carbocycles. The molecular weight excluding hydrogens is 384 g/mol. The third-order valence-electron chi connectivity index (χ3n) is 4.94. The van der Waals surface area contributed by atoms with Crippen molar-refractivity contribution in [3.8, 4) is 0 Å². The molecule has 8 heteroatoms. The van der Waals surface area contributed by atoms with Crippen molar-refractivity contribution in [2.24, 2.45) is 0 Å². The number of aromatic carboxylic acids is 1. The minimum Gasteiger partial charge on any atom is -0.479 e. The number of carboxylic acid groups (broad SMARTS) is 2. The lowest BCUT2D eigenvalue weighted by molar-refractivity contribution is -0.140. The summed E-state index contributed by atoms with van der Waals surface area (Å²) in [5.41, 5.74) is 1.63. The first-order valence-corrected chi connectivity index (χ1v) is 9.02. The Morgan fingerprint density at radius 3 is 2.39 bits per heavy atom. The number of rotatable bonds is 3. The van der Waals surface area contributed by atoms with Crippen LogP contribution in [0, 0.1) is 0 Å². The van der Waals surface area contributed by atoms with Crippen LogP contribution in [0.15, 0.2) is 48.5 Å². The maximum atomic E-state index is 12.7. The van der Waals surface area contributed by atoms with Crippen molar-refractivity contribution in [2.45, 2.75) is 12.6 Å². The van der Waals surface area contributed by atoms with Crippen LogP contribution < -0.4 is 4.90 Å². The van der Waals surface area contributed by atoms with Gasteiger partial charge in [-0.1, -0.05) is 36.4 Å². The van der Waals surface area contributed by atoms with Gasteiger partial charge in [-0.15, -0.1) is 11.6 Å². The lowest BCUT2D eigenvalue weighted by Crippen LogP contribution is -2.40. The smallest absolute Gasteiger partial charge is 0.338 e. The van der Waals surface area contributed by atoms with Crippen LogP contribution in [0.1, 0.15) is 27.7 Å². The number of halogens is 1. The zero-order valence-corrected chi connectivity index (χ0v) is 15.3. The van der Waals surface area contributed by atoms with Gasteiger partial charge in [0.15, 0.2) is 6.04 Å². The highest BCUT2D eigenvalue weighted by atomic mass is 35.5. The molecule has 1 unspecified atom stereocenters. The Labute approximate surface area is 164 Å². The number of hydrogen-bond donors (Lipinski definition) is 2. The summed E-state index contributed by atoms with van der Waals surface area (Å²) in [6.45, 7) is 0.231. The van der Waals surface area contributed by atoms with Gasteiger partial charge in [-0.3, -0.25) is 9.69 Å². The number of para-hydroxylation sites is 2. The van der Waals surface area contributed by atoms with E-state index in [9.17, 15) is 24.6 Å². The fraction of sp³-hybridized carbons (Fsp3) is 0.150. The normalized spacial score (nSPS) is 15.6. The molecule has 4 rings (SSSR count). The summed E-state index contributed by atoms with van der Waals surface area (Å²) in [7, 11) is 0. The molecule has 1 aliphatic rings. The molecule has 0 radical (unpaired) electrons. The molecule has 0 saturated heterocycles. The predicted molar refractivity (Wildman–Crippen MR) is 103 cm³/mol. The van der Waals surface area contributed by atoms with E-state index in [0.717, 1.165) is 4.90 Å². The van der Waals surface area contributed by atoms with Crippen LogP contribution >= 0.6 is 11.6 Å². The van der Waals surface area contributed by atoms with Gasteiger partial charge < -0.3 is 14.8 Å². The number of amides is 1. The molecule has 0 fully saturated rings. The molecule has 28 heavy (non-hydrogen) atoms. The summed E-state index contributed by atoms with van der Waals surface area (Å²) in [5.74, 6) is -3.63. The summed E-state index contributed by atoms with van der Waals surface area (Å²) in [4.78, 5) is 38.2. The number of nitrogens with zero attached hydrogens (tertiary/aromatic N) is 2. The lowest BCUT2D eigenvalue weighted by Gasteiger charge is -2.28. The number of aliphatic carboxylic acids is 1. The van der Waals surface area contributed by atoms with Crippen LogP contribution in [-0.2, 0) is 16.1 Å². The second-order valence-corrected chi connectivity index (χ2v) is 6.70. The number of hydrogen-bond acceptors (Lipinski definition) is 3. The summed E-state index contributed by atoms with van der Waals surface area (Å²) in [5, 5.41) is 20.3. The third kappa shape index (κ3) is 2.55. The van der Waals surface area contributed by atoms with E-state index in [2.05, 4.69) is 0 Å². The van der Waals surface area contributed by atoms with Crippen molar-refractivity contribution in [3.63, 3.8) is 0 Å². The Balaban J connectivity index is 2.16. The van der Waals surface area contributed by atoms with Crippen LogP contribution in [0.5, 0.6) is 0 Å². The van der Waals surface area contributed by atoms with Crippen molar-refractivity contribution in [1.82, 2.24) is 4.57 Å². The van der Waals surface area contributed by atoms with E-state index in [4.69, 9.17) is 11.6 Å². The third-order valence-corrected chi connectivity index (χ3v) is 5.17. The van der Waals surface area contributed by atoms with E-state index in [1.54, 1.807) is 53.1 Å². The van der Waals surface area contributed by atoms with Crippen molar-refractivity contribution in [1.29, 1.82) is 0 Å². The summed E-state index contributed by atoms with van der Waals surface area (Å²) < 4.78 is 1.66. The highest BCUT2D eigenvalue weighted by Gasteiger charge is 2.41. The molecule has 0 aliphatic carbocycles. The Hall–Kier alpha value is -3.32. The van der Waals surface area contributed by atoms with Crippen molar-refractivity contribution < 1.29 is 24.6 Å². The van der Waals surface area contributed by atoms with E-state index in [-0.39, 0.29) is 17.8 Å². The van der Waals surface area contributed by atoms with E-state index in [1.807, 2.05) is 0 Å². The molecule has 1 atom stereocenters. The van der Waals surface area contributed by atoms with Crippen LogP contribution in [-0.4, -0.2) is 38.5 Å². The Kier molecular flexibility index (Phi) is 4.31. The summed E-state index contributed by atoms with van der Waals surface area (Å²) in [6.07, 6.45) is 0. The average molecular weight is 399 g/mol. The first kappa shape index (κ1) is 18.1. The van der Waals surface area contributed by atoms with Crippen molar-refractivity contribution in [2.75, 3.05) is 10.8 Å². The molecule has 1 aliphatic heterocycles. The molecule has 3 aromatic rings. The Morgan fingerprint density at radius 1 is 1.04 bits per heavy atom. The zero-order valence-electron chi connectivity index (χ0n) is 14.5. The minimum atomic E-state index is -1.52. The molecule has 7 nitrogen and oxygen atoms in total. The molecule has 0 saturated carbocycles. The molecule has 1 amide bonds. The van der Waals surface area contributed by atoms with Gasteiger partial charge in [0.2, 0.25) is 5.91 Å². The number of carbonyl (C=O) groups is 3. The first-order chi connectivity index (χ1) is 13.5. The van der Waals surface area contributed by atoms with Crippen LogP contribution in [0.3, 0.4) is 0 Å². The maximum Gasteiger partial charge on any atom is 0.338 e. The van der Waals surface area contributed by atoms with E-state index in [0.29, 0.717) is 22.2 Å². The number of carbonyl (C=O) groups excluding carboxylic acids is 1.